The van der Waals surface area contributed by atoms with Gasteiger partial charge in [-0.3, -0.25) is 9.67 Å². The zero-order chi connectivity index (χ0) is 23.1. The minimum absolute atomic E-state index is 0.0711. The lowest BCUT2D eigenvalue weighted by molar-refractivity contribution is -0.516. The summed E-state index contributed by atoms with van der Waals surface area (Å²) in [5.74, 6) is 0.0711. The van der Waals surface area contributed by atoms with E-state index in [2.05, 4.69) is 20.2 Å². The maximum atomic E-state index is 13.3. The minimum Gasteiger partial charge on any atom is -0.390 e. The van der Waals surface area contributed by atoms with Crippen molar-refractivity contribution in [2.75, 3.05) is 5.73 Å². The number of H-pyrrole nitrogens is 1. The number of aryl methyl sites for hydroxylation is 2. The largest absolute Gasteiger partial charge is 0.428 e. The topological polar surface area (TPSA) is 132 Å². The molecule has 5 rings (SSSR count). The zero-order valence-corrected chi connectivity index (χ0v) is 18.2. The molecular weight excluding hydrogens is 420 g/mol. The van der Waals surface area contributed by atoms with Crippen LogP contribution in [-0.2, 0) is 20.2 Å². The SMILES string of the molecule is Cc1cc(-c2c(-c3ccccc3)nc(N)[n+]3c(=O)n(Cc4ccn(C)n4)[nH]c23)cc(CO)n1. The average molecular weight is 443 g/mol. The number of aliphatic hydroxyl groups is 1. The molecule has 0 amide bonds. The fourth-order valence-corrected chi connectivity index (χ4v) is 4.01. The van der Waals surface area contributed by atoms with Crippen LogP contribution in [0, 0.1) is 6.92 Å². The Labute approximate surface area is 188 Å². The summed E-state index contributed by atoms with van der Waals surface area (Å²) >= 11 is 0. The molecule has 0 aliphatic carbocycles. The van der Waals surface area contributed by atoms with Gasteiger partial charge < -0.3 is 10.8 Å². The van der Waals surface area contributed by atoms with Crippen molar-refractivity contribution < 1.29 is 9.51 Å². The molecule has 5 aromatic rings. The molecule has 0 saturated heterocycles. The first-order valence-electron chi connectivity index (χ1n) is 10.4. The van der Waals surface area contributed by atoms with Crippen molar-refractivity contribution in [3.63, 3.8) is 0 Å². The molecule has 10 heteroatoms. The third-order valence-electron chi connectivity index (χ3n) is 5.41. The van der Waals surface area contributed by atoms with Crippen molar-refractivity contribution in [3.05, 3.63) is 82.3 Å². The molecule has 10 nitrogen and oxygen atoms in total. The molecule has 0 aliphatic heterocycles. The Morgan fingerprint density at radius 3 is 2.58 bits per heavy atom. The number of nitrogens with zero attached hydrogens (tertiary/aromatic N) is 6. The lowest BCUT2D eigenvalue weighted by Gasteiger charge is -2.10. The molecule has 4 aromatic heterocycles. The summed E-state index contributed by atoms with van der Waals surface area (Å²) in [6.07, 6.45) is 1.82. The second kappa shape index (κ2) is 7.99. The smallest absolute Gasteiger partial charge is 0.390 e. The average Bonchev–Trinajstić information content (AvgIpc) is 3.36. The number of aromatic amines is 1. The van der Waals surface area contributed by atoms with Crippen molar-refractivity contribution >= 4 is 11.6 Å². The van der Waals surface area contributed by atoms with E-state index in [1.807, 2.05) is 62.6 Å². The first-order chi connectivity index (χ1) is 15.9. The Balaban J connectivity index is 1.83. The highest BCUT2D eigenvalue weighted by molar-refractivity contribution is 5.88. The van der Waals surface area contributed by atoms with Gasteiger partial charge in [0.05, 0.1) is 23.6 Å². The van der Waals surface area contributed by atoms with E-state index < -0.39 is 0 Å². The van der Waals surface area contributed by atoms with E-state index in [0.29, 0.717) is 22.6 Å². The maximum Gasteiger partial charge on any atom is 0.428 e. The third-order valence-corrected chi connectivity index (χ3v) is 5.41. The van der Waals surface area contributed by atoms with Gasteiger partial charge in [-0.15, -0.1) is 9.38 Å². The molecular formula is C23H23N8O2+. The van der Waals surface area contributed by atoms with Crippen LogP contribution in [-0.4, -0.2) is 34.6 Å². The molecule has 0 radical (unpaired) electrons. The second-order valence-corrected chi connectivity index (χ2v) is 7.85. The van der Waals surface area contributed by atoms with Crippen LogP contribution in [0.25, 0.3) is 28.0 Å². The lowest BCUT2D eigenvalue weighted by atomic mass is 9.99. The van der Waals surface area contributed by atoms with Gasteiger partial charge in [-0.25, -0.2) is 9.89 Å². The summed E-state index contributed by atoms with van der Waals surface area (Å²) < 4.78 is 4.50. The summed E-state index contributed by atoms with van der Waals surface area (Å²) in [7, 11) is 1.82. The Hall–Kier alpha value is -4.31. The van der Waals surface area contributed by atoms with Crippen LogP contribution in [0.15, 0.2) is 59.5 Å². The van der Waals surface area contributed by atoms with Gasteiger partial charge in [0.1, 0.15) is 12.2 Å². The Kier molecular flexibility index (Phi) is 4.98. The Bertz CT molecular complexity index is 1530. The quantitative estimate of drug-likeness (QED) is 0.350. The van der Waals surface area contributed by atoms with Crippen molar-refractivity contribution in [1.82, 2.24) is 29.5 Å². The van der Waals surface area contributed by atoms with Gasteiger partial charge in [0, 0.05) is 24.5 Å². The summed E-state index contributed by atoms with van der Waals surface area (Å²) in [4.78, 5) is 22.3. The lowest BCUT2D eigenvalue weighted by Crippen LogP contribution is -2.44. The van der Waals surface area contributed by atoms with E-state index in [1.165, 1.54) is 9.08 Å². The molecule has 0 fully saturated rings. The molecule has 0 spiro atoms. The number of nitrogens with one attached hydrogen (secondary N) is 1. The number of aromatic nitrogens is 7. The number of rotatable bonds is 5. The molecule has 0 aliphatic rings. The van der Waals surface area contributed by atoms with E-state index in [9.17, 15) is 9.90 Å². The predicted molar refractivity (Wildman–Crippen MR) is 122 cm³/mol. The van der Waals surface area contributed by atoms with E-state index in [4.69, 9.17) is 5.73 Å². The molecule has 0 unspecified atom stereocenters. The van der Waals surface area contributed by atoms with Crippen LogP contribution in [0.1, 0.15) is 17.1 Å². The van der Waals surface area contributed by atoms with E-state index >= 15 is 0 Å². The van der Waals surface area contributed by atoms with Crippen LogP contribution in [0.2, 0.25) is 0 Å². The number of nitrogens with two attached hydrogens (primary N) is 1. The number of nitrogen functional groups attached to an aromatic ring is 1. The molecule has 0 atom stereocenters. The fraction of sp³-hybridized carbons (Fsp3) is 0.174. The van der Waals surface area contributed by atoms with Crippen LogP contribution in [0.3, 0.4) is 0 Å². The predicted octanol–water partition coefficient (Wildman–Crippen LogP) is 1.20. The fourth-order valence-electron chi connectivity index (χ4n) is 4.01. The standard InChI is InChI=1S/C23H22N8O2/c1-14-10-16(11-18(13-32)25-14)19-20(15-6-4-3-5-7-15)26-22(24)31-21(19)28-30(23(31)33)12-17-8-9-29(2)27-17/h3-11,32H,12-13H2,1-2H3,(H2,24,25,26,28)/p+1. The summed E-state index contributed by atoms with van der Waals surface area (Å²) in [5.41, 5.74) is 11.3. The number of hydrogen-bond acceptors (Lipinski definition) is 6. The van der Waals surface area contributed by atoms with E-state index in [0.717, 1.165) is 22.5 Å². The van der Waals surface area contributed by atoms with Gasteiger partial charge in [-0.1, -0.05) is 30.3 Å². The molecule has 1 aromatic carbocycles. The summed E-state index contributed by atoms with van der Waals surface area (Å²) in [6, 6.07) is 15.2. The van der Waals surface area contributed by atoms with Crippen molar-refractivity contribution in [3.8, 4) is 22.4 Å². The summed E-state index contributed by atoms with van der Waals surface area (Å²) in [6.45, 7) is 1.90. The molecule has 166 valence electrons. The van der Waals surface area contributed by atoms with Crippen molar-refractivity contribution in [2.45, 2.75) is 20.1 Å². The van der Waals surface area contributed by atoms with Crippen LogP contribution >= 0.6 is 0 Å². The van der Waals surface area contributed by atoms with Crippen molar-refractivity contribution in [2.24, 2.45) is 7.05 Å². The van der Waals surface area contributed by atoms with Gasteiger partial charge in [0.2, 0.25) is 5.65 Å². The zero-order valence-electron chi connectivity index (χ0n) is 18.2. The van der Waals surface area contributed by atoms with Crippen LogP contribution in [0.4, 0.5) is 5.95 Å². The second-order valence-electron chi connectivity index (χ2n) is 7.85. The monoisotopic (exact) mass is 443 g/mol. The Morgan fingerprint density at radius 2 is 1.88 bits per heavy atom. The highest BCUT2D eigenvalue weighted by Gasteiger charge is 2.26. The first-order valence-corrected chi connectivity index (χ1v) is 10.4. The number of aliphatic hydroxyl groups excluding tert-OH is 1. The highest BCUT2D eigenvalue weighted by atomic mass is 16.3. The van der Waals surface area contributed by atoms with Crippen LogP contribution < -0.4 is 15.8 Å². The summed E-state index contributed by atoms with van der Waals surface area (Å²) in [5, 5.41) is 17.3. The molecule has 0 saturated carbocycles. The van der Waals surface area contributed by atoms with Gasteiger partial charge in [-0.2, -0.15) is 9.78 Å². The number of anilines is 1. The first kappa shape index (κ1) is 20.6. The van der Waals surface area contributed by atoms with E-state index in [1.54, 1.807) is 10.7 Å². The Morgan fingerprint density at radius 1 is 1.09 bits per heavy atom. The number of benzene rings is 1. The molecule has 0 bridgehead atoms. The van der Waals surface area contributed by atoms with Gasteiger partial charge in [0.25, 0.3) is 0 Å². The number of fused-ring (bicyclic) bond motifs is 1. The molecule has 33 heavy (non-hydrogen) atoms. The minimum atomic E-state index is -0.352. The van der Waals surface area contributed by atoms with Crippen LogP contribution in [0.5, 0.6) is 0 Å². The van der Waals surface area contributed by atoms with Gasteiger partial charge in [-0.05, 0) is 30.7 Å². The van der Waals surface area contributed by atoms with E-state index in [-0.39, 0.29) is 24.8 Å². The number of pyridine rings is 1. The van der Waals surface area contributed by atoms with Gasteiger partial charge in [0.15, 0.2) is 0 Å². The number of hydrogen-bond donors (Lipinski definition) is 3. The third kappa shape index (κ3) is 3.66. The maximum absolute atomic E-state index is 13.3. The van der Waals surface area contributed by atoms with Crippen molar-refractivity contribution in [1.29, 1.82) is 0 Å². The highest BCUT2D eigenvalue weighted by Crippen LogP contribution is 2.33. The molecule has 4 heterocycles. The molecule has 4 N–H and O–H groups in total. The normalized spacial score (nSPS) is 11.4. The van der Waals surface area contributed by atoms with Gasteiger partial charge >= 0.3 is 11.6 Å².